The van der Waals surface area contributed by atoms with Crippen LogP contribution in [0.4, 0.5) is 10.1 Å². The summed E-state index contributed by atoms with van der Waals surface area (Å²) < 4.78 is 18.4. The van der Waals surface area contributed by atoms with Gasteiger partial charge in [0.05, 0.1) is 17.7 Å². The fourth-order valence-electron chi connectivity index (χ4n) is 3.35. The summed E-state index contributed by atoms with van der Waals surface area (Å²) in [5.41, 5.74) is 2.74. The number of rotatable bonds is 5. The zero-order chi connectivity index (χ0) is 22.7. The number of nitrogens with one attached hydrogen (secondary N) is 1. The highest BCUT2D eigenvalue weighted by Gasteiger charge is 2.27. The Kier molecular flexibility index (Phi) is 6.28. The first-order valence-electron chi connectivity index (χ1n) is 9.93. The highest BCUT2D eigenvalue weighted by atomic mass is 32.2. The molecule has 0 unspecified atom stereocenters. The number of methoxy groups -OCH3 is 1. The Bertz CT molecular complexity index is 1210. The minimum absolute atomic E-state index is 0.155. The van der Waals surface area contributed by atoms with Gasteiger partial charge >= 0.3 is 0 Å². The minimum Gasteiger partial charge on any atom is -0.496 e. The van der Waals surface area contributed by atoms with Gasteiger partial charge in [-0.25, -0.2) is 4.39 Å². The van der Waals surface area contributed by atoms with Crippen molar-refractivity contribution >= 4 is 35.3 Å². The molecule has 3 aromatic rings. The maximum absolute atomic E-state index is 13.0. The van der Waals surface area contributed by atoms with Gasteiger partial charge in [-0.1, -0.05) is 42.1 Å². The SMILES string of the molecule is COc1ccccc1/C=C1/Sc2ccc(C(=O)NCc3ccc(F)cc3)cc2N(C)C1=O. The molecule has 1 aliphatic heterocycles. The normalized spacial score (nSPS) is 14.3. The van der Waals surface area contributed by atoms with Crippen LogP contribution < -0.4 is 15.0 Å². The summed E-state index contributed by atoms with van der Waals surface area (Å²) in [5.74, 6) is -0.0512. The molecule has 0 spiro atoms. The Hall–Kier alpha value is -3.58. The summed E-state index contributed by atoms with van der Waals surface area (Å²) in [6.45, 7) is 0.283. The van der Waals surface area contributed by atoms with Crippen LogP contribution in [0.2, 0.25) is 0 Å². The number of carbonyl (C=O) groups is 2. The van der Waals surface area contributed by atoms with Crippen molar-refractivity contribution in [2.75, 3.05) is 19.1 Å². The smallest absolute Gasteiger partial charge is 0.264 e. The van der Waals surface area contributed by atoms with Gasteiger partial charge in [0.1, 0.15) is 11.6 Å². The van der Waals surface area contributed by atoms with E-state index in [-0.39, 0.29) is 24.2 Å². The van der Waals surface area contributed by atoms with Crippen LogP contribution in [0.25, 0.3) is 6.08 Å². The summed E-state index contributed by atoms with van der Waals surface area (Å²) in [7, 11) is 3.29. The molecule has 1 heterocycles. The maximum Gasteiger partial charge on any atom is 0.264 e. The average Bonchev–Trinajstić information content (AvgIpc) is 2.82. The van der Waals surface area contributed by atoms with Crippen LogP contribution in [0.15, 0.2) is 76.5 Å². The summed E-state index contributed by atoms with van der Waals surface area (Å²) in [6, 6.07) is 18.7. The number of para-hydroxylation sites is 1. The number of fused-ring (bicyclic) bond motifs is 1. The van der Waals surface area contributed by atoms with Crippen molar-refractivity contribution in [2.45, 2.75) is 11.4 Å². The Balaban J connectivity index is 1.54. The van der Waals surface area contributed by atoms with Crippen molar-refractivity contribution in [2.24, 2.45) is 0 Å². The molecule has 0 atom stereocenters. The molecule has 0 aromatic heterocycles. The van der Waals surface area contributed by atoms with E-state index in [0.717, 1.165) is 16.0 Å². The van der Waals surface area contributed by atoms with Gasteiger partial charge in [0.25, 0.3) is 11.8 Å². The quantitative estimate of drug-likeness (QED) is 0.566. The Labute approximate surface area is 189 Å². The second-order valence-corrected chi connectivity index (χ2v) is 8.29. The van der Waals surface area contributed by atoms with Gasteiger partial charge in [0.15, 0.2) is 0 Å². The van der Waals surface area contributed by atoms with Gasteiger partial charge in [-0.05, 0) is 48.0 Å². The first-order chi connectivity index (χ1) is 15.5. The van der Waals surface area contributed by atoms with Gasteiger partial charge in [-0.15, -0.1) is 0 Å². The number of thioether (sulfide) groups is 1. The first-order valence-corrected chi connectivity index (χ1v) is 10.7. The molecule has 0 fully saturated rings. The molecule has 1 aliphatic rings. The number of nitrogens with zero attached hydrogens (tertiary/aromatic N) is 1. The lowest BCUT2D eigenvalue weighted by molar-refractivity contribution is -0.114. The molecule has 162 valence electrons. The van der Waals surface area contributed by atoms with Crippen molar-refractivity contribution < 1.29 is 18.7 Å². The fraction of sp³-hybridized carbons (Fsp3) is 0.120. The molecular weight excluding hydrogens is 427 g/mol. The topological polar surface area (TPSA) is 58.6 Å². The minimum atomic E-state index is -0.320. The summed E-state index contributed by atoms with van der Waals surface area (Å²) >= 11 is 1.36. The van der Waals surface area contributed by atoms with Crippen LogP contribution in [0.5, 0.6) is 5.75 Å². The van der Waals surface area contributed by atoms with Gasteiger partial charge < -0.3 is 15.0 Å². The highest BCUT2D eigenvalue weighted by Crippen LogP contribution is 2.42. The van der Waals surface area contributed by atoms with Gasteiger partial charge in [-0.3, -0.25) is 9.59 Å². The van der Waals surface area contributed by atoms with Crippen LogP contribution in [0, 0.1) is 5.82 Å². The van der Waals surface area contributed by atoms with E-state index in [4.69, 9.17) is 4.74 Å². The third-order valence-electron chi connectivity index (χ3n) is 5.11. The van der Waals surface area contributed by atoms with E-state index in [1.54, 1.807) is 43.3 Å². The van der Waals surface area contributed by atoms with E-state index >= 15 is 0 Å². The number of halogens is 1. The van der Waals surface area contributed by atoms with Crippen LogP contribution in [0.3, 0.4) is 0 Å². The average molecular weight is 449 g/mol. The Morgan fingerprint density at radius 1 is 1.12 bits per heavy atom. The molecule has 0 aliphatic carbocycles. The van der Waals surface area contributed by atoms with E-state index in [2.05, 4.69) is 5.32 Å². The number of ether oxygens (including phenoxy) is 1. The Morgan fingerprint density at radius 2 is 1.88 bits per heavy atom. The lowest BCUT2D eigenvalue weighted by Crippen LogP contribution is -2.31. The molecule has 4 rings (SSSR count). The molecule has 3 aromatic carbocycles. The number of hydrogen-bond donors (Lipinski definition) is 1. The van der Waals surface area contributed by atoms with Gasteiger partial charge in [0, 0.05) is 29.6 Å². The molecule has 0 saturated carbocycles. The number of anilines is 1. The van der Waals surface area contributed by atoms with Gasteiger partial charge in [0.2, 0.25) is 0 Å². The predicted molar refractivity (Wildman–Crippen MR) is 124 cm³/mol. The first kappa shape index (κ1) is 21.6. The standard InChI is InChI=1S/C25H21FN2O3S/c1-28-20-13-18(24(29)27-15-16-7-10-19(26)11-8-16)9-12-22(20)32-23(25(28)30)14-17-5-3-4-6-21(17)31-2/h3-14H,15H2,1-2H3,(H,27,29)/b23-14+. The number of carbonyl (C=O) groups excluding carboxylic acids is 2. The molecule has 7 heteroatoms. The largest absolute Gasteiger partial charge is 0.496 e. The molecule has 5 nitrogen and oxygen atoms in total. The second kappa shape index (κ2) is 9.28. The van der Waals surface area contributed by atoms with Gasteiger partial charge in [-0.2, -0.15) is 0 Å². The molecule has 32 heavy (non-hydrogen) atoms. The third kappa shape index (κ3) is 4.53. The van der Waals surface area contributed by atoms with E-state index < -0.39 is 0 Å². The lowest BCUT2D eigenvalue weighted by Gasteiger charge is -2.27. The van der Waals surface area contributed by atoms with Crippen molar-refractivity contribution in [3.05, 3.63) is 94.1 Å². The summed E-state index contributed by atoms with van der Waals surface area (Å²) in [5, 5.41) is 2.82. The highest BCUT2D eigenvalue weighted by molar-refractivity contribution is 8.04. The van der Waals surface area contributed by atoms with Crippen LogP contribution >= 0.6 is 11.8 Å². The zero-order valence-electron chi connectivity index (χ0n) is 17.6. The fourth-order valence-corrected chi connectivity index (χ4v) is 4.43. The van der Waals surface area contributed by atoms with E-state index in [0.29, 0.717) is 21.9 Å². The van der Waals surface area contributed by atoms with Crippen LogP contribution in [-0.2, 0) is 11.3 Å². The van der Waals surface area contributed by atoms with E-state index in [1.165, 1.54) is 23.9 Å². The van der Waals surface area contributed by atoms with Crippen molar-refractivity contribution in [3.63, 3.8) is 0 Å². The molecule has 2 amide bonds. The number of likely N-dealkylation sites (N-methyl/N-ethyl adjacent to an activating group) is 1. The summed E-state index contributed by atoms with van der Waals surface area (Å²) in [6.07, 6.45) is 1.81. The lowest BCUT2D eigenvalue weighted by atomic mass is 10.1. The maximum atomic E-state index is 13.0. The molecule has 0 radical (unpaired) electrons. The van der Waals surface area contributed by atoms with Crippen molar-refractivity contribution in [1.29, 1.82) is 0 Å². The van der Waals surface area contributed by atoms with E-state index in [1.807, 2.05) is 36.4 Å². The summed E-state index contributed by atoms with van der Waals surface area (Å²) in [4.78, 5) is 28.6. The zero-order valence-corrected chi connectivity index (χ0v) is 18.4. The molecular formula is C25H21FN2O3S. The predicted octanol–water partition coefficient (Wildman–Crippen LogP) is 4.87. The Morgan fingerprint density at radius 3 is 2.62 bits per heavy atom. The second-order valence-electron chi connectivity index (χ2n) is 7.21. The van der Waals surface area contributed by atoms with Crippen molar-refractivity contribution in [1.82, 2.24) is 5.32 Å². The number of hydrogen-bond acceptors (Lipinski definition) is 4. The van der Waals surface area contributed by atoms with Crippen LogP contribution in [-0.4, -0.2) is 26.0 Å². The number of amides is 2. The number of benzene rings is 3. The van der Waals surface area contributed by atoms with Crippen molar-refractivity contribution in [3.8, 4) is 5.75 Å². The molecule has 0 saturated heterocycles. The monoisotopic (exact) mass is 448 g/mol. The molecule has 0 bridgehead atoms. The molecule has 1 N–H and O–H groups in total. The van der Waals surface area contributed by atoms with E-state index in [9.17, 15) is 14.0 Å². The third-order valence-corrected chi connectivity index (χ3v) is 6.19. The van der Waals surface area contributed by atoms with Crippen LogP contribution in [0.1, 0.15) is 21.5 Å².